The van der Waals surface area contributed by atoms with Crippen molar-refractivity contribution in [3.8, 4) is 0 Å². The topological polar surface area (TPSA) is 17.1 Å². The third kappa shape index (κ3) is 4.40. The van der Waals surface area contributed by atoms with Crippen molar-refractivity contribution in [1.82, 2.24) is 0 Å². The van der Waals surface area contributed by atoms with E-state index in [-0.39, 0.29) is 5.78 Å². The summed E-state index contributed by atoms with van der Waals surface area (Å²) in [7, 11) is 0. The SMILES string of the molecule is CCCC(=O)/C=C\[Se]c1ccccc1. The Morgan fingerprint density at radius 2 is 2.07 bits per heavy atom. The van der Waals surface area contributed by atoms with E-state index in [9.17, 15) is 4.79 Å². The summed E-state index contributed by atoms with van der Waals surface area (Å²) in [6.07, 6.45) is 3.32. The maximum absolute atomic E-state index is 11.2. The standard InChI is InChI=1S/C12H14OSe/c1-2-6-11(13)9-10-14-12-7-4-3-5-8-12/h3-5,7-10H,2,6H2,1H3/b10-9-. The molecule has 74 valence electrons. The Balaban J connectivity index is 2.37. The van der Waals surface area contributed by atoms with E-state index in [1.165, 1.54) is 4.46 Å². The van der Waals surface area contributed by atoms with Crippen LogP contribution in [0.15, 0.2) is 41.4 Å². The maximum atomic E-state index is 11.2. The predicted molar refractivity (Wildman–Crippen MR) is 60.9 cm³/mol. The molecule has 0 aliphatic heterocycles. The number of hydrogen-bond acceptors (Lipinski definition) is 1. The molecule has 0 atom stereocenters. The van der Waals surface area contributed by atoms with Crippen molar-refractivity contribution in [3.63, 3.8) is 0 Å². The molecule has 0 heterocycles. The van der Waals surface area contributed by atoms with Gasteiger partial charge in [-0.3, -0.25) is 0 Å². The number of carbonyl (C=O) groups excluding carboxylic acids is 1. The molecule has 1 rings (SSSR count). The van der Waals surface area contributed by atoms with E-state index < -0.39 is 0 Å². The summed E-state index contributed by atoms with van der Waals surface area (Å²) in [5.74, 6) is 0.241. The van der Waals surface area contributed by atoms with Crippen LogP contribution in [0.25, 0.3) is 0 Å². The Labute approximate surface area is 91.4 Å². The van der Waals surface area contributed by atoms with Crippen molar-refractivity contribution < 1.29 is 4.79 Å². The summed E-state index contributed by atoms with van der Waals surface area (Å²) >= 11 is 0.296. The first-order valence-corrected chi connectivity index (χ1v) is 6.58. The van der Waals surface area contributed by atoms with Gasteiger partial charge in [-0.15, -0.1) is 0 Å². The minimum absolute atomic E-state index is 0.241. The van der Waals surface area contributed by atoms with Gasteiger partial charge in [-0.1, -0.05) is 0 Å². The second-order valence-corrected chi connectivity index (χ2v) is 5.00. The molecule has 0 N–H and O–H groups in total. The molecule has 0 amide bonds. The number of carbonyl (C=O) groups is 1. The van der Waals surface area contributed by atoms with Gasteiger partial charge in [0.1, 0.15) is 0 Å². The third-order valence-electron chi connectivity index (χ3n) is 1.70. The van der Waals surface area contributed by atoms with E-state index in [2.05, 4.69) is 12.1 Å². The van der Waals surface area contributed by atoms with Gasteiger partial charge in [0.2, 0.25) is 0 Å². The van der Waals surface area contributed by atoms with Crippen molar-refractivity contribution in [2.24, 2.45) is 0 Å². The summed E-state index contributed by atoms with van der Waals surface area (Å²) < 4.78 is 1.31. The van der Waals surface area contributed by atoms with Gasteiger partial charge in [0.25, 0.3) is 0 Å². The van der Waals surface area contributed by atoms with Crippen LogP contribution in [0.1, 0.15) is 19.8 Å². The monoisotopic (exact) mass is 254 g/mol. The van der Waals surface area contributed by atoms with Crippen molar-refractivity contribution >= 4 is 25.2 Å². The van der Waals surface area contributed by atoms with Crippen LogP contribution >= 0.6 is 0 Å². The minimum atomic E-state index is 0.241. The Hall–Kier alpha value is -0.851. The van der Waals surface area contributed by atoms with Crippen molar-refractivity contribution in [3.05, 3.63) is 41.4 Å². The molecule has 0 aromatic heterocycles. The summed E-state index contributed by atoms with van der Waals surface area (Å²) in [5, 5.41) is 0. The third-order valence-corrected chi connectivity index (χ3v) is 3.41. The Bertz CT molecular complexity index is 303. The number of hydrogen-bond donors (Lipinski definition) is 0. The molecule has 0 saturated carbocycles. The molecule has 0 aliphatic rings. The fourth-order valence-corrected chi connectivity index (χ4v) is 2.47. The van der Waals surface area contributed by atoms with Crippen LogP contribution in [0, 0.1) is 0 Å². The summed E-state index contributed by atoms with van der Waals surface area (Å²) in [6.45, 7) is 2.02. The molecule has 0 bridgehead atoms. The zero-order valence-corrected chi connectivity index (χ0v) is 9.99. The normalized spacial score (nSPS) is 10.6. The van der Waals surface area contributed by atoms with E-state index in [4.69, 9.17) is 0 Å². The molecule has 0 fully saturated rings. The van der Waals surface area contributed by atoms with Crippen LogP contribution in [-0.4, -0.2) is 20.7 Å². The average molecular weight is 253 g/mol. The molecule has 1 aromatic rings. The van der Waals surface area contributed by atoms with Crippen LogP contribution in [0.5, 0.6) is 0 Å². The van der Waals surface area contributed by atoms with Crippen LogP contribution in [0.2, 0.25) is 0 Å². The van der Waals surface area contributed by atoms with E-state index in [0.29, 0.717) is 21.4 Å². The van der Waals surface area contributed by atoms with Gasteiger partial charge < -0.3 is 0 Å². The van der Waals surface area contributed by atoms with Gasteiger partial charge in [0.05, 0.1) is 0 Å². The fourth-order valence-electron chi connectivity index (χ4n) is 1.02. The molecule has 1 aromatic carbocycles. The van der Waals surface area contributed by atoms with Crippen LogP contribution in [0.3, 0.4) is 0 Å². The number of allylic oxidation sites excluding steroid dienone is 1. The second kappa shape index (κ2) is 6.58. The van der Waals surface area contributed by atoms with Crippen molar-refractivity contribution in [2.75, 3.05) is 0 Å². The van der Waals surface area contributed by atoms with Crippen LogP contribution in [0.4, 0.5) is 0 Å². The zero-order chi connectivity index (χ0) is 10.2. The van der Waals surface area contributed by atoms with Gasteiger partial charge >= 0.3 is 91.1 Å². The molecule has 0 saturated heterocycles. The zero-order valence-electron chi connectivity index (χ0n) is 8.27. The number of rotatable bonds is 5. The van der Waals surface area contributed by atoms with Crippen molar-refractivity contribution in [1.29, 1.82) is 0 Å². The Morgan fingerprint density at radius 3 is 2.71 bits per heavy atom. The molecule has 14 heavy (non-hydrogen) atoms. The quantitative estimate of drug-likeness (QED) is 0.578. The van der Waals surface area contributed by atoms with Gasteiger partial charge in [-0.25, -0.2) is 0 Å². The summed E-state index contributed by atoms with van der Waals surface area (Å²) in [4.78, 5) is 13.2. The molecule has 1 nitrogen and oxygen atoms in total. The average Bonchev–Trinajstić information content (AvgIpc) is 2.20. The molecule has 0 radical (unpaired) electrons. The fraction of sp³-hybridized carbons (Fsp3) is 0.250. The molecule has 2 heteroatoms. The summed E-state index contributed by atoms with van der Waals surface area (Å²) in [6, 6.07) is 10.2. The van der Waals surface area contributed by atoms with E-state index in [0.717, 1.165) is 6.42 Å². The molecular weight excluding hydrogens is 239 g/mol. The molecule has 0 aliphatic carbocycles. The predicted octanol–water partition coefficient (Wildman–Crippen LogP) is 1.90. The van der Waals surface area contributed by atoms with Crippen LogP contribution in [-0.2, 0) is 4.79 Å². The second-order valence-electron chi connectivity index (χ2n) is 2.95. The van der Waals surface area contributed by atoms with E-state index >= 15 is 0 Å². The first kappa shape index (κ1) is 11.2. The van der Waals surface area contributed by atoms with Crippen molar-refractivity contribution in [2.45, 2.75) is 19.8 Å². The van der Waals surface area contributed by atoms with Gasteiger partial charge in [-0.2, -0.15) is 0 Å². The summed E-state index contributed by atoms with van der Waals surface area (Å²) in [5.41, 5.74) is 0. The first-order chi connectivity index (χ1) is 6.83. The van der Waals surface area contributed by atoms with Gasteiger partial charge in [0, 0.05) is 0 Å². The Morgan fingerprint density at radius 1 is 1.36 bits per heavy atom. The molecular formula is C12H14OSe. The number of benzene rings is 1. The van der Waals surface area contributed by atoms with E-state index in [1.807, 2.05) is 30.1 Å². The first-order valence-electron chi connectivity index (χ1n) is 4.74. The molecule has 0 unspecified atom stereocenters. The van der Waals surface area contributed by atoms with Gasteiger partial charge in [0.15, 0.2) is 0 Å². The van der Waals surface area contributed by atoms with Crippen LogP contribution < -0.4 is 4.46 Å². The molecule has 0 spiro atoms. The van der Waals surface area contributed by atoms with Gasteiger partial charge in [-0.05, 0) is 0 Å². The number of ketones is 1. The Kier molecular flexibility index (Phi) is 5.28. The van der Waals surface area contributed by atoms with E-state index in [1.54, 1.807) is 6.08 Å².